The minimum absolute atomic E-state index is 0.0159. The van der Waals surface area contributed by atoms with Gasteiger partial charge in [-0.25, -0.2) is 9.67 Å². The number of hydrogen-bond acceptors (Lipinski definition) is 5. The smallest absolute Gasteiger partial charge is 0.219 e. The first-order valence-corrected chi connectivity index (χ1v) is 8.13. The molecule has 2 heterocycles. The zero-order valence-electron chi connectivity index (χ0n) is 14.7. The van der Waals surface area contributed by atoms with Crippen LogP contribution < -0.4 is 4.74 Å². The zero-order valence-corrected chi connectivity index (χ0v) is 14.7. The summed E-state index contributed by atoms with van der Waals surface area (Å²) >= 11 is 0. The summed E-state index contributed by atoms with van der Waals surface area (Å²) in [5.74, 6) is 1.56. The molecule has 1 aromatic carbocycles. The minimum atomic E-state index is -0.0280. The molecular formula is C19H20N4O2. The fourth-order valence-electron chi connectivity index (χ4n) is 2.53. The Kier molecular flexibility index (Phi) is 4.61. The number of rotatable bonds is 5. The van der Waals surface area contributed by atoms with Crippen molar-refractivity contribution in [1.82, 2.24) is 19.7 Å². The van der Waals surface area contributed by atoms with E-state index in [9.17, 15) is 4.79 Å². The van der Waals surface area contributed by atoms with Crippen LogP contribution in [0.1, 0.15) is 36.8 Å². The molecule has 0 saturated heterocycles. The summed E-state index contributed by atoms with van der Waals surface area (Å²) in [4.78, 5) is 20.8. The Hall–Kier alpha value is -3.02. The lowest BCUT2D eigenvalue weighted by molar-refractivity contribution is 0.101. The Morgan fingerprint density at radius 1 is 1.16 bits per heavy atom. The summed E-state index contributed by atoms with van der Waals surface area (Å²) in [6.45, 7) is 7.25. The lowest BCUT2D eigenvalue weighted by Gasteiger charge is -2.12. The minimum Gasteiger partial charge on any atom is -0.475 e. The van der Waals surface area contributed by atoms with Crippen molar-refractivity contribution in [1.29, 1.82) is 0 Å². The third-order valence-corrected chi connectivity index (χ3v) is 3.68. The predicted octanol–water partition coefficient (Wildman–Crippen LogP) is 3.63. The summed E-state index contributed by atoms with van der Waals surface area (Å²) in [5.41, 5.74) is 2.20. The Balaban J connectivity index is 2.14. The summed E-state index contributed by atoms with van der Waals surface area (Å²) < 4.78 is 7.41. The Morgan fingerprint density at radius 3 is 2.48 bits per heavy atom. The average molecular weight is 336 g/mol. The number of benzene rings is 1. The van der Waals surface area contributed by atoms with Gasteiger partial charge in [-0.2, -0.15) is 10.1 Å². The van der Waals surface area contributed by atoms with Crippen LogP contribution in [-0.4, -0.2) is 31.6 Å². The quantitative estimate of drug-likeness (QED) is 0.666. The molecule has 2 aromatic heterocycles. The van der Waals surface area contributed by atoms with E-state index in [1.807, 2.05) is 51.1 Å². The number of nitrogens with zero attached hydrogens (tertiary/aromatic N) is 4. The molecular weight excluding hydrogens is 316 g/mol. The molecule has 0 aliphatic carbocycles. The van der Waals surface area contributed by atoms with Crippen LogP contribution in [-0.2, 0) is 0 Å². The molecule has 0 aliphatic rings. The van der Waals surface area contributed by atoms with Crippen molar-refractivity contribution in [2.75, 3.05) is 0 Å². The molecule has 0 aliphatic heterocycles. The molecule has 3 aromatic rings. The highest BCUT2D eigenvalue weighted by molar-refractivity contribution is 5.95. The van der Waals surface area contributed by atoms with Crippen molar-refractivity contribution in [3.05, 3.63) is 53.9 Å². The van der Waals surface area contributed by atoms with Crippen LogP contribution >= 0.6 is 0 Å². The van der Waals surface area contributed by atoms with E-state index in [0.29, 0.717) is 23.1 Å². The first-order chi connectivity index (χ1) is 12.0. The fraction of sp³-hybridized carbons (Fsp3) is 0.263. The molecule has 6 heteroatoms. The van der Waals surface area contributed by atoms with Crippen molar-refractivity contribution in [3.8, 4) is 23.1 Å². The Bertz CT molecular complexity index is 901. The van der Waals surface area contributed by atoms with Gasteiger partial charge in [-0.05, 0) is 27.7 Å². The second-order valence-corrected chi connectivity index (χ2v) is 6.03. The highest BCUT2D eigenvalue weighted by Gasteiger charge is 2.16. The number of aromatic nitrogens is 4. The first kappa shape index (κ1) is 16.8. The van der Waals surface area contributed by atoms with Gasteiger partial charge in [0.1, 0.15) is 0 Å². The molecule has 0 N–H and O–H groups in total. The summed E-state index contributed by atoms with van der Waals surface area (Å²) in [6, 6.07) is 11.4. The van der Waals surface area contributed by atoms with Crippen molar-refractivity contribution in [2.45, 2.75) is 33.8 Å². The molecule has 0 saturated carbocycles. The molecule has 128 valence electrons. The van der Waals surface area contributed by atoms with Gasteiger partial charge in [-0.3, -0.25) is 4.79 Å². The number of ketones is 1. The highest BCUT2D eigenvalue weighted by atomic mass is 16.5. The lowest BCUT2D eigenvalue weighted by Crippen LogP contribution is -2.10. The van der Waals surface area contributed by atoms with E-state index in [1.54, 1.807) is 16.9 Å². The largest absolute Gasteiger partial charge is 0.475 e. The van der Waals surface area contributed by atoms with Crippen molar-refractivity contribution < 1.29 is 9.53 Å². The van der Waals surface area contributed by atoms with Gasteiger partial charge < -0.3 is 4.74 Å². The summed E-state index contributed by atoms with van der Waals surface area (Å²) in [7, 11) is 0. The van der Waals surface area contributed by atoms with Gasteiger partial charge in [0.2, 0.25) is 5.88 Å². The van der Waals surface area contributed by atoms with Crippen molar-refractivity contribution in [3.63, 3.8) is 0 Å². The van der Waals surface area contributed by atoms with Crippen LogP contribution in [0.15, 0.2) is 42.6 Å². The molecule has 0 fully saturated rings. The maximum absolute atomic E-state index is 11.7. The SMILES string of the molecule is CC(=O)c1cnn(-c2cc(OC(C)C)nc(-c3ccccc3)n2)c1C. The maximum atomic E-state index is 11.7. The number of ether oxygens (including phenoxy) is 1. The Morgan fingerprint density at radius 2 is 1.88 bits per heavy atom. The van der Waals surface area contributed by atoms with Gasteiger partial charge in [0.25, 0.3) is 0 Å². The van der Waals surface area contributed by atoms with Crippen LogP contribution in [0, 0.1) is 6.92 Å². The zero-order chi connectivity index (χ0) is 18.0. The average Bonchev–Trinajstić information content (AvgIpc) is 2.96. The summed E-state index contributed by atoms with van der Waals surface area (Å²) in [6.07, 6.45) is 1.54. The molecule has 0 unspecified atom stereocenters. The van der Waals surface area contributed by atoms with Gasteiger partial charge in [-0.1, -0.05) is 30.3 Å². The van der Waals surface area contributed by atoms with Crippen LogP contribution in [0.5, 0.6) is 5.88 Å². The maximum Gasteiger partial charge on any atom is 0.219 e. The first-order valence-electron chi connectivity index (χ1n) is 8.13. The Labute approximate surface area is 146 Å². The third kappa shape index (κ3) is 3.57. The summed E-state index contributed by atoms with van der Waals surface area (Å²) in [5, 5.41) is 4.31. The molecule has 0 radical (unpaired) electrons. The molecule has 6 nitrogen and oxygen atoms in total. The van der Waals surface area contributed by atoms with E-state index >= 15 is 0 Å². The molecule has 0 spiro atoms. The van der Waals surface area contributed by atoms with Crippen LogP contribution in [0.25, 0.3) is 17.2 Å². The number of carbonyl (C=O) groups excluding carboxylic acids is 1. The van der Waals surface area contributed by atoms with Gasteiger partial charge in [-0.15, -0.1) is 0 Å². The van der Waals surface area contributed by atoms with Crippen LogP contribution in [0.2, 0.25) is 0 Å². The number of carbonyl (C=O) groups is 1. The normalized spacial score (nSPS) is 10.9. The van der Waals surface area contributed by atoms with Crippen LogP contribution in [0.3, 0.4) is 0 Å². The van der Waals surface area contributed by atoms with E-state index in [-0.39, 0.29) is 11.9 Å². The molecule has 0 atom stereocenters. The molecule has 25 heavy (non-hydrogen) atoms. The van der Waals surface area contributed by atoms with Crippen molar-refractivity contribution in [2.24, 2.45) is 0 Å². The second kappa shape index (κ2) is 6.84. The molecule has 0 bridgehead atoms. The van der Waals surface area contributed by atoms with E-state index in [1.165, 1.54) is 6.92 Å². The van der Waals surface area contributed by atoms with E-state index in [0.717, 1.165) is 11.3 Å². The van der Waals surface area contributed by atoms with Gasteiger partial charge in [0.15, 0.2) is 17.4 Å². The third-order valence-electron chi connectivity index (χ3n) is 3.68. The topological polar surface area (TPSA) is 69.9 Å². The fourth-order valence-corrected chi connectivity index (χ4v) is 2.53. The highest BCUT2D eigenvalue weighted by Crippen LogP contribution is 2.23. The van der Waals surface area contributed by atoms with Gasteiger partial charge >= 0.3 is 0 Å². The van der Waals surface area contributed by atoms with Gasteiger partial charge in [0, 0.05) is 11.6 Å². The number of Topliss-reactive ketones (excluding diaryl/α,β-unsaturated/α-hetero) is 1. The van der Waals surface area contributed by atoms with Crippen LogP contribution in [0.4, 0.5) is 0 Å². The number of hydrogen-bond donors (Lipinski definition) is 0. The predicted molar refractivity (Wildman–Crippen MR) is 95.1 cm³/mol. The van der Waals surface area contributed by atoms with Crippen molar-refractivity contribution >= 4 is 5.78 Å². The van der Waals surface area contributed by atoms with Gasteiger partial charge in [0.05, 0.1) is 23.6 Å². The second-order valence-electron chi connectivity index (χ2n) is 6.03. The van der Waals surface area contributed by atoms with E-state index < -0.39 is 0 Å². The molecule has 3 rings (SSSR count). The standard InChI is InChI=1S/C19H20N4O2/c1-12(2)25-18-10-17(23-13(3)16(11-20-23)14(4)24)21-19(22-18)15-8-6-5-7-9-15/h5-12H,1-4H3. The lowest BCUT2D eigenvalue weighted by atomic mass is 10.2. The van der Waals surface area contributed by atoms with E-state index in [4.69, 9.17) is 4.74 Å². The van der Waals surface area contributed by atoms with E-state index in [2.05, 4.69) is 15.1 Å². The molecule has 0 amide bonds. The monoisotopic (exact) mass is 336 g/mol.